The quantitative estimate of drug-likeness (QED) is 0.322. The minimum absolute atomic E-state index is 0.476. The number of aliphatic imine (C=N–C) groups is 1. The Morgan fingerprint density at radius 1 is 1.40 bits per heavy atom. The molecule has 0 aromatic rings. The largest absolute Gasteiger partial charge is 0.345 e. The van der Waals surface area contributed by atoms with Crippen LogP contribution in [0.1, 0.15) is 45.4 Å². The zero-order valence-electron chi connectivity index (χ0n) is 10.00. The first kappa shape index (κ1) is 12.3. The maximum absolute atomic E-state index is 5.50. The van der Waals surface area contributed by atoms with Gasteiger partial charge in [0.2, 0.25) is 5.96 Å². The predicted molar refractivity (Wildman–Crippen MR) is 64.6 cm³/mol. The highest BCUT2D eigenvalue weighted by Gasteiger charge is 2.14. The molecule has 0 radical (unpaired) electrons. The monoisotopic (exact) mass is 212 g/mol. The topological polar surface area (TPSA) is 53.6 Å². The number of hydrogen-bond acceptors (Lipinski definition) is 2. The lowest BCUT2D eigenvalue weighted by atomic mass is 9.96. The third-order valence-corrected chi connectivity index (χ3v) is 2.93. The maximum Gasteiger partial charge on any atom is 0.208 e. The van der Waals surface area contributed by atoms with Crippen molar-refractivity contribution in [3.8, 4) is 0 Å². The Balaban J connectivity index is 2.50. The molecule has 0 heterocycles. The van der Waals surface area contributed by atoms with Gasteiger partial charge in [0.25, 0.3) is 0 Å². The van der Waals surface area contributed by atoms with Crippen LogP contribution in [0, 0.1) is 0 Å². The smallest absolute Gasteiger partial charge is 0.208 e. The molecule has 4 heteroatoms. The molecule has 1 aliphatic rings. The molecule has 0 spiro atoms. The van der Waals surface area contributed by atoms with Crippen LogP contribution in [0.3, 0.4) is 0 Å². The van der Waals surface area contributed by atoms with Gasteiger partial charge in [-0.1, -0.05) is 26.2 Å². The Kier molecular flexibility index (Phi) is 5.47. The molecule has 0 aromatic heterocycles. The van der Waals surface area contributed by atoms with E-state index >= 15 is 0 Å². The lowest BCUT2D eigenvalue weighted by molar-refractivity contribution is 0.424. The average molecular weight is 212 g/mol. The summed E-state index contributed by atoms with van der Waals surface area (Å²) in [6, 6.07) is 0.476. The van der Waals surface area contributed by atoms with Crippen LogP contribution in [0.2, 0.25) is 0 Å². The van der Waals surface area contributed by atoms with Gasteiger partial charge in [-0.05, 0) is 19.3 Å². The van der Waals surface area contributed by atoms with Crippen molar-refractivity contribution >= 4 is 5.96 Å². The van der Waals surface area contributed by atoms with Gasteiger partial charge in [-0.2, -0.15) is 0 Å². The lowest BCUT2D eigenvalue weighted by Gasteiger charge is -2.24. The molecule has 15 heavy (non-hydrogen) atoms. The predicted octanol–water partition coefficient (Wildman–Crippen LogP) is 1.48. The van der Waals surface area contributed by atoms with Crippen molar-refractivity contribution in [1.82, 2.24) is 10.3 Å². The van der Waals surface area contributed by atoms with Crippen molar-refractivity contribution in [1.29, 1.82) is 0 Å². The number of hydrazine groups is 1. The molecule has 0 amide bonds. The third kappa shape index (κ3) is 4.08. The van der Waals surface area contributed by atoms with E-state index in [2.05, 4.69) is 22.2 Å². The molecule has 88 valence electrons. The molecular weight excluding hydrogens is 188 g/mol. The van der Waals surface area contributed by atoms with E-state index < -0.39 is 0 Å². The van der Waals surface area contributed by atoms with E-state index in [1.54, 1.807) is 0 Å². The van der Waals surface area contributed by atoms with Crippen LogP contribution in [-0.4, -0.2) is 30.5 Å². The number of nitrogens with two attached hydrogens (primary N) is 1. The molecule has 0 bridgehead atoms. The van der Waals surface area contributed by atoms with Gasteiger partial charge in [-0.15, -0.1) is 0 Å². The molecule has 0 unspecified atom stereocenters. The van der Waals surface area contributed by atoms with Crippen molar-refractivity contribution in [3.63, 3.8) is 0 Å². The van der Waals surface area contributed by atoms with E-state index in [4.69, 9.17) is 5.84 Å². The van der Waals surface area contributed by atoms with E-state index in [0.717, 1.165) is 18.9 Å². The highest BCUT2D eigenvalue weighted by atomic mass is 15.4. The molecule has 4 nitrogen and oxygen atoms in total. The zero-order chi connectivity index (χ0) is 11.1. The van der Waals surface area contributed by atoms with Gasteiger partial charge in [-0.25, -0.2) is 10.8 Å². The SMILES string of the molecule is CCCN(C)C(=NC1CCCCC1)NN. The first-order valence-electron chi connectivity index (χ1n) is 6.03. The van der Waals surface area contributed by atoms with E-state index in [-0.39, 0.29) is 0 Å². The molecule has 0 saturated heterocycles. The fraction of sp³-hybridized carbons (Fsp3) is 0.909. The Bertz CT molecular complexity index is 197. The minimum atomic E-state index is 0.476. The molecule has 3 N–H and O–H groups in total. The van der Waals surface area contributed by atoms with E-state index in [1.807, 2.05) is 7.05 Å². The van der Waals surface area contributed by atoms with Crippen LogP contribution < -0.4 is 11.3 Å². The molecule has 1 saturated carbocycles. The minimum Gasteiger partial charge on any atom is -0.345 e. The Hall–Kier alpha value is -0.770. The first-order chi connectivity index (χ1) is 7.27. The number of guanidine groups is 1. The fourth-order valence-corrected chi connectivity index (χ4v) is 2.07. The molecule has 1 fully saturated rings. The van der Waals surface area contributed by atoms with Crippen molar-refractivity contribution in [2.75, 3.05) is 13.6 Å². The second kappa shape index (κ2) is 6.67. The van der Waals surface area contributed by atoms with E-state index in [1.165, 1.54) is 32.1 Å². The van der Waals surface area contributed by atoms with Crippen LogP contribution in [0.4, 0.5) is 0 Å². The van der Waals surface area contributed by atoms with Crippen LogP contribution in [0.25, 0.3) is 0 Å². The second-order valence-corrected chi connectivity index (χ2v) is 4.31. The van der Waals surface area contributed by atoms with Crippen molar-refractivity contribution in [2.45, 2.75) is 51.5 Å². The average Bonchev–Trinajstić information content (AvgIpc) is 2.27. The second-order valence-electron chi connectivity index (χ2n) is 4.31. The van der Waals surface area contributed by atoms with Crippen LogP contribution in [0.15, 0.2) is 4.99 Å². The maximum atomic E-state index is 5.50. The zero-order valence-corrected chi connectivity index (χ0v) is 10.00. The summed E-state index contributed by atoms with van der Waals surface area (Å²) in [6.45, 7) is 3.15. The Morgan fingerprint density at radius 3 is 2.60 bits per heavy atom. The molecular formula is C11H24N4. The van der Waals surface area contributed by atoms with Crippen LogP contribution in [0.5, 0.6) is 0 Å². The van der Waals surface area contributed by atoms with E-state index in [9.17, 15) is 0 Å². The lowest BCUT2D eigenvalue weighted by Crippen LogP contribution is -2.44. The summed E-state index contributed by atoms with van der Waals surface area (Å²) in [4.78, 5) is 6.77. The summed E-state index contributed by atoms with van der Waals surface area (Å²) in [5, 5.41) is 0. The standard InChI is InChI=1S/C11H24N4/c1-3-9-15(2)11(14-12)13-10-7-5-4-6-8-10/h10H,3-9,12H2,1-2H3,(H,13,14). The van der Waals surface area contributed by atoms with Gasteiger partial charge in [0, 0.05) is 13.6 Å². The summed E-state index contributed by atoms with van der Waals surface area (Å²) in [7, 11) is 2.03. The van der Waals surface area contributed by atoms with Crippen molar-refractivity contribution < 1.29 is 0 Å². The van der Waals surface area contributed by atoms with Crippen LogP contribution in [-0.2, 0) is 0 Å². The normalized spacial score (nSPS) is 19.0. The summed E-state index contributed by atoms with van der Waals surface area (Å²) < 4.78 is 0. The molecule has 0 aliphatic heterocycles. The number of nitrogens with zero attached hydrogens (tertiary/aromatic N) is 2. The highest BCUT2D eigenvalue weighted by molar-refractivity contribution is 5.79. The number of nitrogens with one attached hydrogen (secondary N) is 1. The van der Waals surface area contributed by atoms with E-state index in [0.29, 0.717) is 6.04 Å². The van der Waals surface area contributed by atoms with Gasteiger partial charge >= 0.3 is 0 Å². The first-order valence-corrected chi connectivity index (χ1v) is 6.03. The molecule has 0 aromatic carbocycles. The molecule has 1 aliphatic carbocycles. The number of hydrogen-bond donors (Lipinski definition) is 2. The summed E-state index contributed by atoms with van der Waals surface area (Å²) in [6.07, 6.45) is 7.52. The van der Waals surface area contributed by atoms with Gasteiger partial charge in [-0.3, -0.25) is 5.43 Å². The summed E-state index contributed by atoms with van der Waals surface area (Å²) >= 11 is 0. The van der Waals surface area contributed by atoms with Gasteiger partial charge < -0.3 is 4.90 Å². The van der Waals surface area contributed by atoms with Gasteiger partial charge in [0.15, 0.2) is 0 Å². The molecule has 1 rings (SSSR count). The van der Waals surface area contributed by atoms with Gasteiger partial charge in [0.1, 0.15) is 0 Å². The fourth-order valence-electron chi connectivity index (χ4n) is 2.07. The summed E-state index contributed by atoms with van der Waals surface area (Å²) in [5.74, 6) is 6.34. The third-order valence-electron chi connectivity index (χ3n) is 2.93. The number of rotatable bonds is 3. The summed E-state index contributed by atoms with van der Waals surface area (Å²) in [5.41, 5.74) is 2.71. The molecule has 0 atom stereocenters. The van der Waals surface area contributed by atoms with Gasteiger partial charge in [0.05, 0.1) is 6.04 Å². The van der Waals surface area contributed by atoms with Crippen molar-refractivity contribution in [3.05, 3.63) is 0 Å². The Morgan fingerprint density at radius 2 is 2.07 bits per heavy atom. The van der Waals surface area contributed by atoms with Crippen LogP contribution >= 0.6 is 0 Å². The Labute approximate surface area is 92.9 Å². The van der Waals surface area contributed by atoms with Crippen molar-refractivity contribution in [2.24, 2.45) is 10.8 Å². The highest BCUT2D eigenvalue weighted by Crippen LogP contribution is 2.20.